The number of pyridine rings is 1. The first-order valence-corrected chi connectivity index (χ1v) is 6.19. The predicted octanol–water partition coefficient (Wildman–Crippen LogP) is 0.624. The van der Waals surface area contributed by atoms with Gasteiger partial charge in [0.2, 0.25) is 5.91 Å². The number of hydrogen-bond donors (Lipinski definition) is 1. The van der Waals surface area contributed by atoms with E-state index in [0.717, 1.165) is 4.90 Å². The zero-order chi connectivity index (χ0) is 11.4. The van der Waals surface area contributed by atoms with Crippen LogP contribution in [0.4, 0.5) is 0 Å². The van der Waals surface area contributed by atoms with Crippen molar-refractivity contribution in [3.63, 3.8) is 0 Å². The third-order valence-electron chi connectivity index (χ3n) is 2.58. The number of nitrogens with zero attached hydrogens (tertiary/aromatic N) is 2. The lowest BCUT2D eigenvalue weighted by atomic mass is 10.0. The summed E-state index contributed by atoms with van der Waals surface area (Å²) in [7, 11) is 0. The Kier molecular flexibility index (Phi) is 3.79. The minimum absolute atomic E-state index is 0.145. The maximum atomic E-state index is 11.7. The fraction of sp³-hybridized carbons (Fsp3) is 0.455. The molecule has 86 valence electrons. The number of rotatable bonds is 4. The zero-order valence-electron chi connectivity index (χ0n) is 8.87. The summed E-state index contributed by atoms with van der Waals surface area (Å²) in [4.78, 5) is 18.4. The van der Waals surface area contributed by atoms with Crippen LogP contribution in [0.2, 0.25) is 0 Å². The van der Waals surface area contributed by atoms with E-state index in [1.807, 2.05) is 12.1 Å². The Morgan fingerprint density at radius 2 is 2.19 bits per heavy atom. The number of hydrogen-bond acceptors (Lipinski definition) is 4. The molecule has 1 fully saturated rings. The number of aliphatic hydroxyl groups is 1. The standard InChI is InChI=1S/C11H14N2O2S/c14-7-9-5-13(6-9)11(15)8-16-10-1-3-12-4-2-10/h1-4,9,14H,5-8H2. The van der Waals surface area contributed by atoms with Crippen molar-refractivity contribution in [2.75, 3.05) is 25.4 Å². The lowest BCUT2D eigenvalue weighted by molar-refractivity contribution is -0.135. The monoisotopic (exact) mass is 238 g/mol. The second-order valence-electron chi connectivity index (χ2n) is 3.82. The van der Waals surface area contributed by atoms with E-state index < -0.39 is 0 Å². The fourth-order valence-corrected chi connectivity index (χ4v) is 2.35. The van der Waals surface area contributed by atoms with E-state index in [1.165, 1.54) is 11.8 Å². The fourth-order valence-electron chi connectivity index (χ4n) is 1.56. The van der Waals surface area contributed by atoms with Crippen LogP contribution in [0.25, 0.3) is 0 Å². The molecule has 1 N–H and O–H groups in total. The van der Waals surface area contributed by atoms with Crippen LogP contribution in [-0.4, -0.2) is 46.3 Å². The van der Waals surface area contributed by atoms with Crippen LogP contribution in [0.3, 0.4) is 0 Å². The van der Waals surface area contributed by atoms with Gasteiger partial charge in [-0.15, -0.1) is 11.8 Å². The average Bonchev–Trinajstić information content (AvgIpc) is 2.26. The molecule has 5 heteroatoms. The maximum absolute atomic E-state index is 11.7. The second kappa shape index (κ2) is 5.32. The molecule has 16 heavy (non-hydrogen) atoms. The summed E-state index contributed by atoms with van der Waals surface area (Å²) >= 11 is 1.52. The van der Waals surface area contributed by atoms with Crippen LogP contribution in [-0.2, 0) is 4.79 Å². The Balaban J connectivity index is 1.73. The van der Waals surface area contributed by atoms with Crippen molar-refractivity contribution < 1.29 is 9.90 Å². The lowest BCUT2D eigenvalue weighted by Gasteiger charge is -2.38. The number of aromatic nitrogens is 1. The molecule has 0 saturated carbocycles. The number of thioether (sulfide) groups is 1. The largest absolute Gasteiger partial charge is 0.396 e. The highest BCUT2D eigenvalue weighted by Gasteiger charge is 2.29. The Bertz CT molecular complexity index is 352. The van der Waals surface area contributed by atoms with Crippen LogP contribution in [0.5, 0.6) is 0 Å². The molecule has 0 unspecified atom stereocenters. The Morgan fingerprint density at radius 3 is 2.81 bits per heavy atom. The molecule has 0 spiro atoms. The molecule has 1 aliphatic heterocycles. The van der Waals surface area contributed by atoms with Gasteiger partial charge in [0, 0.05) is 42.9 Å². The van der Waals surface area contributed by atoms with Gasteiger partial charge in [-0.2, -0.15) is 0 Å². The Hall–Kier alpha value is -1.07. The van der Waals surface area contributed by atoms with Crippen molar-refractivity contribution in [3.05, 3.63) is 24.5 Å². The van der Waals surface area contributed by atoms with Gasteiger partial charge in [0.25, 0.3) is 0 Å². The predicted molar refractivity (Wildman–Crippen MR) is 62.1 cm³/mol. The maximum Gasteiger partial charge on any atom is 0.232 e. The van der Waals surface area contributed by atoms with E-state index in [0.29, 0.717) is 18.8 Å². The molecule has 1 aliphatic rings. The van der Waals surface area contributed by atoms with Crippen molar-refractivity contribution in [1.29, 1.82) is 0 Å². The topological polar surface area (TPSA) is 53.4 Å². The third kappa shape index (κ3) is 2.74. The van der Waals surface area contributed by atoms with Crippen molar-refractivity contribution in [1.82, 2.24) is 9.88 Å². The van der Waals surface area contributed by atoms with Gasteiger partial charge >= 0.3 is 0 Å². The SMILES string of the molecule is O=C(CSc1ccncc1)N1CC(CO)C1. The number of carbonyl (C=O) groups excluding carboxylic acids is 1. The molecule has 0 bridgehead atoms. The van der Waals surface area contributed by atoms with Crippen LogP contribution in [0, 0.1) is 5.92 Å². The van der Waals surface area contributed by atoms with Crippen molar-refractivity contribution in [2.24, 2.45) is 5.92 Å². The summed E-state index contributed by atoms with van der Waals surface area (Å²) in [5, 5.41) is 8.84. The summed E-state index contributed by atoms with van der Waals surface area (Å²) in [5.41, 5.74) is 0. The van der Waals surface area contributed by atoms with Crippen LogP contribution in [0.1, 0.15) is 0 Å². The van der Waals surface area contributed by atoms with E-state index in [-0.39, 0.29) is 18.4 Å². The molecular weight excluding hydrogens is 224 g/mol. The molecule has 2 rings (SSSR count). The van der Waals surface area contributed by atoms with Gasteiger partial charge in [0.1, 0.15) is 0 Å². The number of likely N-dealkylation sites (tertiary alicyclic amines) is 1. The number of aliphatic hydroxyl groups excluding tert-OH is 1. The van der Waals surface area contributed by atoms with E-state index in [1.54, 1.807) is 17.3 Å². The third-order valence-corrected chi connectivity index (χ3v) is 3.58. The highest BCUT2D eigenvalue weighted by molar-refractivity contribution is 8.00. The van der Waals surface area contributed by atoms with Crippen LogP contribution in [0.15, 0.2) is 29.4 Å². The summed E-state index contributed by atoms with van der Waals surface area (Å²) in [6.07, 6.45) is 3.44. The van der Waals surface area contributed by atoms with Gasteiger partial charge in [-0.25, -0.2) is 0 Å². The van der Waals surface area contributed by atoms with Gasteiger partial charge < -0.3 is 10.0 Å². The summed E-state index contributed by atoms with van der Waals surface area (Å²) in [6, 6.07) is 3.79. The van der Waals surface area contributed by atoms with Gasteiger partial charge in [0.05, 0.1) is 5.75 Å². The Morgan fingerprint density at radius 1 is 1.50 bits per heavy atom. The molecule has 1 aromatic heterocycles. The molecule has 1 aromatic rings. The van der Waals surface area contributed by atoms with Gasteiger partial charge in [0.15, 0.2) is 0 Å². The Labute approximate surface area is 98.7 Å². The number of amides is 1. The minimum Gasteiger partial charge on any atom is -0.396 e. The average molecular weight is 238 g/mol. The molecule has 0 atom stereocenters. The van der Waals surface area contributed by atoms with Crippen LogP contribution >= 0.6 is 11.8 Å². The van der Waals surface area contributed by atoms with Gasteiger partial charge in [-0.1, -0.05) is 0 Å². The normalized spacial score (nSPS) is 15.9. The highest BCUT2D eigenvalue weighted by Crippen LogP contribution is 2.20. The first kappa shape index (κ1) is 11.4. The van der Waals surface area contributed by atoms with Crippen molar-refractivity contribution in [3.8, 4) is 0 Å². The molecule has 4 nitrogen and oxygen atoms in total. The quantitative estimate of drug-likeness (QED) is 0.782. The molecule has 0 aliphatic carbocycles. The van der Waals surface area contributed by atoms with Crippen molar-refractivity contribution >= 4 is 17.7 Å². The van der Waals surface area contributed by atoms with Crippen LogP contribution < -0.4 is 0 Å². The molecular formula is C11H14N2O2S. The molecule has 0 aromatic carbocycles. The smallest absolute Gasteiger partial charge is 0.232 e. The second-order valence-corrected chi connectivity index (χ2v) is 4.87. The van der Waals surface area contributed by atoms with E-state index in [2.05, 4.69) is 4.98 Å². The molecule has 0 radical (unpaired) electrons. The summed E-state index contributed by atoms with van der Waals surface area (Å²) < 4.78 is 0. The first-order valence-electron chi connectivity index (χ1n) is 5.21. The van der Waals surface area contributed by atoms with E-state index in [9.17, 15) is 4.79 Å². The van der Waals surface area contributed by atoms with Gasteiger partial charge in [-0.05, 0) is 12.1 Å². The summed E-state index contributed by atoms with van der Waals surface area (Å²) in [5.74, 6) is 0.892. The first-order chi connectivity index (χ1) is 7.79. The highest BCUT2D eigenvalue weighted by atomic mass is 32.2. The lowest BCUT2D eigenvalue weighted by Crippen LogP contribution is -2.51. The van der Waals surface area contributed by atoms with Crippen molar-refractivity contribution in [2.45, 2.75) is 4.90 Å². The summed E-state index contributed by atoms with van der Waals surface area (Å²) in [6.45, 7) is 1.58. The van der Waals surface area contributed by atoms with E-state index >= 15 is 0 Å². The number of carbonyl (C=O) groups is 1. The van der Waals surface area contributed by atoms with Gasteiger partial charge in [-0.3, -0.25) is 9.78 Å². The molecule has 1 saturated heterocycles. The minimum atomic E-state index is 0.145. The zero-order valence-corrected chi connectivity index (χ0v) is 9.69. The molecule has 1 amide bonds. The molecule has 2 heterocycles. The van der Waals surface area contributed by atoms with E-state index in [4.69, 9.17) is 5.11 Å².